The standard InChI is InChI=1S/C11H19N3O2S/c1-3-12-11-9-10(5-6-14-11)13-7-8-17(15,16)4-2/h5-6,9H,3-4,7-8H2,1-2H3,(H2,12,13,14). The highest BCUT2D eigenvalue weighted by molar-refractivity contribution is 7.91. The van der Waals surface area contributed by atoms with Gasteiger partial charge in [-0.2, -0.15) is 0 Å². The highest BCUT2D eigenvalue weighted by atomic mass is 32.2. The van der Waals surface area contributed by atoms with Crippen LogP contribution in [0.2, 0.25) is 0 Å². The summed E-state index contributed by atoms with van der Waals surface area (Å²) >= 11 is 0. The number of rotatable bonds is 7. The lowest BCUT2D eigenvalue weighted by Gasteiger charge is -2.08. The van der Waals surface area contributed by atoms with Gasteiger partial charge in [0.05, 0.1) is 5.75 Å². The molecular weight excluding hydrogens is 238 g/mol. The lowest BCUT2D eigenvalue weighted by atomic mass is 10.4. The molecule has 0 atom stereocenters. The minimum absolute atomic E-state index is 0.155. The second-order valence-electron chi connectivity index (χ2n) is 3.62. The van der Waals surface area contributed by atoms with Crippen molar-refractivity contribution in [2.45, 2.75) is 13.8 Å². The number of hydrogen-bond donors (Lipinski definition) is 2. The fraction of sp³-hybridized carbons (Fsp3) is 0.545. The van der Waals surface area contributed by atoms with Crippen molar-refractivity contribution in [2.24, 2.45) is 0 Å². The Hall–Kier alpha value is -1.30. The number of anilines is 2. The van der Waals surface area contributed by atoms with Gasteiger partial charge in [0.25, 0.3) is 0 Å². The number of hydrogen-bond acceptors (Lipinski definition) is 5. The third-order valence-electron chi connectivity index (χ3n) is 2.30. The second-order valence-corrected chi connectivity index (χ2v) is 6.10. The molecule has 1 aromatic rings. The van der Waals surface area contributed by atoms with Crippen LogP contribution in [0.25, 0.3) is 0 Å². The van der Waals surface area contributed by atoms with Crippen molar-refractivity contribution in [3.63, 3.8) is 0 Å². The molecular formula is C11H19N3O2S. The second kappa shape index (κ2) is 6.44. The molecule has 2 N–H and O–H groups in total. The molecule has 0 radical (unpaired) electrons. The zero-order valence-electron chi connectivity index (χ0n) is 10.2. The molecule has 1 heterocycles. The van der Waals surface area contributed by atoms with Crippen LogP contribution in [0.4, 0.5) is 11.5 Å². The first kappa shape index (κ1) is 13.8. The van der Waals surface area contributed by atoms with Crippen LogP contribution in [0.1, 0.15) is 13.8 Å². The van der Waals surface area contributed by atoms with Gasteiger partial charge >= 0.3 is 0 Å². The van der Waals surface area contributed by atoms with Crippen LogP contribution >= 0.6 is 0 Å². The lowest BCUT2D eigenvalue weighted by Crippen LogP contribution is -2.17. The summed E-state index contributed by atoms with van der Waals surface area (Å²) < 4.78 is 22.6. The van der Waals surface area contributed by atoms with Gasteiger partial charge in [0, 0.05) is 36.8 Å². The van der Waals surface area contributed by atoms with E-state index in [0.29, 0.717) is 6.54 Å². The minimum Gasteiger partial charge on any atom is -0.384 e. The Morgan fingerprint density at radius 1 is 1.29 bits per heavy atom. The topological polar surface area (TPSA) is 71.1 Å². The molecule has 96 valence electrons. The van der Waals surface area contributed by atoms with Crippen LogP contribution in [0.5, 0.6) is 0 Å². The third-order valence-corrected chi connectivity index (χ3v) is 4.01. The van der Waals surface area contributed by atoms with E-state index in [9.17, 15) is 8.42 Å². The van der Waals surface area contributed by atoms with E-state index in [0.717, 1.165) is 18.1 Å². The molecule has 0 aliphatic rings. The first-order valence-corrected chi connectivity index (χ1v) is 7.53. The zero-order valence-corrected chi connectivity index (χ0v) is 11.0. The lowest BCUT2D eigenvalue weighted by molar-refractivity contribution is 0.597. The summed E-state index contributed by atoms with van der Waals surface area (Å²) in [5, 5.41) is 6.17. The van der Waals surface area contributed by atoms with Gasteiger partial charge in [0.2, 0.25) is 0 Å². The summed E-state index contributed by atoms with van der Waals surface area (Å²) in [6.45, 7) is 4.88. The summed E-state index contributed by atoms with van der Waals surface area (Å²) in [4.78, 5) is 4.13. The van der Waals surface area contributed by atoms with Crippen LogP contribution in [-0.2, 0) is 9.84 Å². The maximum Gasteiger partial charge on any atom is 0.151 e. The van der Waals surface area contributed by atoms with E-state index in [1.165, 1.54) is 0 Å². The zero-order chi connectivity index (χ0) is 12.7. The van der Waals surface area contributed by atoms with E-state index in [-0.39, 0.29) is 11.5 Å². The summed E-state index contributed by atoms with van der Waals surface area (Å²) in [6, 6.07) is 3.68. The van der Waals surface area contributed by atoms with Crippen LogP contribution in [0, 0.1) is 0 Å². The number of sulfone groups is 1. The largest absolute Gasteiger partial charge is 0.384 e. The Morgan fingerprint density at radius 2 is 2.06 bits per heavy atom. The van der Waals surface area contributed by atoms with Crippen molar-refractivity contribution < 1.29 is 8.42 Å². The van der Waals surface area contributed by atoms with Crippen LogP contribution in [0.3, 0.4) is 0 Å². The Bertz CT molecular complexity index is 446. The van der Waals surface area contributed by atoms with Crippen molar-refractivity contribution in [1.29, 1.82) is 0 Å². The highest BCUT2D eigenvalue weighted by Gasteiger charge is 2.06. The quantitative estimate of drug-likeness (QED) is 0.771. The first-order valence-electron chi connectivity index (χ1n) is 5.71. The van der Waals surface area contributed by atoms with Crippen molar-refractivity contribution in [2.75, 3.05) is 35.2 Å². The average Bonchev–Trinajstić information content (AvgIpc) is 2.30. The van der Waals surface area contributed by atoms with Gasteiger partial charge < -0.3 is 10.6 Å². The van der Waals surface area contributed by atoms with E-state index in [1.807, 2.05) is 19.1 Å². The van der Waals surface area contributed by atoms with Gasteiger partial charge in [-0.1, -0.05) is 6.92 Å². The van der Waals surface area contributed by atoms with E-state index < -0.39 is 9.84 Å². The summed E-state index contributed by atoms with van der Waals surface area (Å²) in [5.74, 6) is 1.13. The van der Waals surface area contributed by atoms with Gasteiger partial charge in [0.1, 0.15) is 5.82 Å². The van der Waals surface area contributed by atoms with Crippen LogP contribution in [0.15, 0.2) is 18.3 Å². The van der Waals surface area contributed by atoms with Gasteiger partial charge in [-0.05, 0) is 13.0 Å². The van der Waals surface area contributed by atoms with E-state index >= 15 is 0 Å². The molecule has 0 aliphatic carbocycles. The molecule has 6 heteroatoms. The molecule has 0 spiro atoms. The predicted octanol–water partition coefficient (Wildman–Crippen LogP) is 1.36. The average molecular weight is 257 g/mol. The maximum atomic E-state index is 11.3. The molecule has 0 fully saturated rings. The van der Waals surface area contributed by atoms with Gasteiger partial charge in [0.15, 0.2) is 9.84 Å². The fourth-order valence-electron chi connectivity index (χ4n) is 1.31. The van der Waals surface area contributed by atoms with E-state index in [1.54, 1.807) is 13.1 Å². The summed E-state index contributed by atoms with van der Waals surface area (Å²) in [7, 11) is -2.90. The van der Waals surface area contributed by atoms with E-state index in [2.05, 4.69) is 15.6 Å². The third kappa shape index (κ3) is 5.04. The Morgan fingerprint density at radius 3 is 2.71 bits per heavy atom. The summed E-state index contributed by atoms with van der Waals surface area (Å²) in [6.07, 6.45) is 1.69. The first-order chi connectivity index (χ1) is 8.07. The monoisotopic (exact) mass is 257 g/mol. The van der Waals surface area contributed by atoms with Gasteiger partial charge in [-0.3, -0.25) is 0 Å². The molecule has 0 saturated carbocycles. The maximum absolute atomic E-state index is 11.3. The molecule has 0 unspecified atom stereocenters. The van der Waals surface area contributed by atoms with Gasteiger partial charge in [-0.15, -0.1) is 0 Å². The Labute approximate surface area is 103 Å². The number of nitrogens with one attached hydrogen (secondary N) is 2. The molecule has 0 saturated heterocycles. The smallest absolute Gasteiger partial charge is 0.151 e. The van der Waals surface area contributed by atoms with Crippen molar-refractivity contribution in [3.8, 4) is 0 Å². The van der Waals surface area contributed by atoms with Gasteiger partial charge in [-0.25, -0.2) is 13.4 Å². The molecule has 17 heavy (non-hydrogen) atoms. The number of nitrogens with zero attached hydrogens (tertiary/aromatic N) is 1. The number of pyridine rings is 1. The highest BCUT2D eigenvalue weighted by Crippen LogP contribution is 2.11. The van der Waals surface area contributed by atoms with E-state index in [4.69, 9.17) is 0 Å². The Balaban J connectivity index is 2.49. The van der Waals surface area contributed by atoms with Crippen LogP contribution in [-0.4, -0.2) is 38.0 Å². The molecule has 0 aromatic carbocycles. The van der Waals surface area contributed by atoms with Crippen molar-refractivity contribution in [1.82, 2.24) is 4.98 Å². The molecule has 5 nitrogen and oxygen atoms in total. The molecule has 1 aromatic heterocycles. The molecule has 0 amide bonds. The normalized spacial score (nSPS) is 11.2. The van der Waals surface area contributed by atoms with Crippen molar-refractivity contribution in [3.05, 3.63) is 18.3 Å². The molecule has 0 aliphatic heterocycles. The number of aromatic nitrogens is 1. The molecule has 0 bridgehead atoms. The predicted molar refractivity (Wildman–Crippen MR) is 71.2 cm³/mol. The minimum atomic E-state index is -2.90. The molecule has 1 rings (SSSR count). The Kier molecular flexibility index (Phi) is 5.21. The SMILES string of the molecule is CCNc1cc(NCCS(=O)(=O)CC)ccn1. The van der Waals surface area contributed by atoms with Crippen LogP contribution < -0.4 is 10.6 Å². The van der Waals surface area contributed by atoms with Crippen molar-refractivity contribution >= 4 is 21.3 Å². The fourth-order valence-corrected chi connectivity index (χ4v) is 2.02. The summed E-state index contributed by atoms with van der Waals surface area (Å²) in [5.41, 5.74) is 0.877.